The third-order valence-electron chi connectivity index (χ3n) is 2.95. The molecular formula is C14H19FN2O2. The summed E-state index contributed by atoms with van der Waals surface area (Å²) >= 11 is 0. The van der Waals surface area contributed by atoms with Crippen molar-refractivity contribution >= 4 is 11.8 Å². The van der Waals surface area contributed by atoms with Gasteiger partial charge < -0.3 is 10.2 Å². The molecule has 0 saturated heterocycles. The lowest BCUT2D eigenvalue weighted by Crippen LogP contribution is -2.40. The number of carbonyl (C=O) groups is 2. The van der Waals surface area contributed by atoms with Gasteiger partial charge in [0.2, 0.25) is 5.91 Å². The topological polar surface area (TPSA) is 49.4 Å². The maximum absolute atomic E-state index is 13.7. The summed E-state index contributed by atoms with van der Waals surface area (Å²) in [5.74, 6) is -1.29. The molecular weight excluding hydrogens is 247 g/mol. The van der Waals surface area contributed by atoms with E-state index in [-0.39, 0.29) is 18.0 Å². The lowest BCUT2D eigenvalue weighted by molar-refractivity contribution is -0.129. The number of amides is 2. The number of rotatable bonds is 5. The molecule has 0 bridgehead atoms. The fourth-order valence-electron chi connectivity index (χ4n) is 1.76. The van der Waals surface area contributed by atoms with Crippen molar-refractivity contribution in [3.05, 3.63) is 35.1 Å². The zero-order valence-electron chi connectivity index (χ0n) is 11.5. The Bertz CT molecular complexity index is 471. The molecule has 1 N–H and O–H groups in total. The van der Waals surface area contributed by atoms with Gasteiger partial charge >= 0.3 is 0 Å². The molecule has 104 valence electrons. The average Bonchev–Trinajstić information content (AvgIpc) is 2.40. The summed E-state index contributed by atoms with van der Waals surface area (Å²) in [6, 6.07) is 4.60. The van der Waals surface area contributed by atoms with Crippen molar-refractivity contribution < 1.29 is 14.0 Å². The van der Waals surface area contributed by atoms with Gasteiger partial charge in [0.05, 0.1) is 12.1 Å². The van der Waals surface area contributed by atoms with E-state index in [9.17, 15) is 14.0 Å². The van der Waals surface area contributed by atoms with Gasteiger partial charge in [0.15, 0.2) is 0 Å². The zero-order valence-corrected chi connectivity index (χ0v) is 11.5. The molecule has 0 saturated carbocycles. The molecule has 0 aliphatic rings. The van der Waals surface area contributed by atoms with Gasteiger partial charge in [-0.1, -0.05) is 12.1 Å². The van der Waals surface area contributed by atoms with Gasteiger partial charge in [-0.15, -0.1) is 0 Å². The Morgan fingerprint density at radius 1 is 1.26 bits per heavy atom. The Morgan fingerprint density at radius 2 is 1.89 bits per heavy atom. The number of nitrogens with zero attached hydrogens (tertiary/aromatic N) is 1. The molecule has 0 radical (unpaired) electrons. The maximum atomic E-state index is 13.7. The lowest BCUT2D eigenvalue weighted by Gasteiger charge is -2.18. The zero-order chi connectivity index (χ0) is 14.4. The summed E-state index contributed by atoms with van der Waals surface area (Å²) in [4.78, 5) is 25.1. The highest BCUT2D eigenvalue weighted by Gasteiger charge is 2.15. The molecule has 0 unspecified atom stereocenters. The summed E-state index contributed by atoms with van der Waals surface area (Å²) in [6.07, 6.45) is 0. The Balaban J connectivity index is 2.66. The molecule has 0 spiro atoms. The van der Waals surface area contributed by atoms with Crippen LogP contribution >= 0.6 is 0 Å². The van der Waals surface area contributed by atoms with Crippen molar-refractivity contribution in [2.45, 2.75) is 20.8 Å². The predicted octanol–water partition coefficient (Wildman–Crippen LogP) is 1.73. The highest BCUT2D eigenvalue weighted by atomic mass is 19.1. The summed E-state index contributed by atoms with van der Waals surface area (Å²) in [6.45, 7) is 6.38. The second-order valence-electron chi connectivity index (χ2n) is 4.19. The van der Waals surface area contributed by atoms with Gasteiger partial charge in [-0.25, -0.2) is 4.39 Å². The first-order valence-corrected chi connectivity index (χ1v) is 6.32. The van der Waals surface area contributed by atoms with Crippen LogP contribution in [0.5, 0.6) is 0 Å². The van der Waals surface area contributed by atoms with Gasteiger partial charge in [-0.2, -0.15) is 0 Å². The number of carbonyl (C=O) groups excluding carboxylic acids is 2. The first-order valence-electron chi connectivity index (χ1n) is 6.32. The predicted molar refractivity (Wildman–Crippen MR) is 71.4 cm³/mol. The molecule has 19 heavy (non-hydrogen) atoms. The summed E-state index contributed by atoms with van der Waals surface area (Å²) in [7, 11) is 0. The van der Waals surface area contributed by atoms with Gasteiger partial charge in [0.1, 0.15) is 5.82 Å². The molecule has 1 aromatic carbocycles. The van der Waals surface area contributed by atoms with Crippen molar-refractivity contribution in [2.75, 3.05) is 19.6 Å². The number of halogens is 1. The van der Waals surface area contributed by atoms with E-state index in [1.807, 2.05) is 13.8 Å². The Labute approximate surface area is 112 Å². The minimum atomic E-state index is -0.568. The standard InChI is InChI=1S/C14H19FN2O2/c1-4-17(5-2)12(18)9-16-14(19)11-8-6-7-10(3)13(11)15/h6-8H,4-5,9H2,1-3H3,(H,16,19). The van der Waals surface area contributed by atoms with Crippen LogP contribution in [-0.2, 0) is 4.79 Å². The van der Waals surface area contributed by atoms with E-state index in [1.54, 1.807) is 24.0 Å². The summed E-state index contributed by atoms with van der Waals surface area (Å²) in [5.41, 5.74) is 0.370. The molecule has 4 nitrogen and oxygen atoms in total. The highest BCUT2D eigenvalue weighted by molar-refractivity contribution is 5.96. The Morgan fingerprint density at radius 3 is 2.47 bits per heavy atom. The smallest absolute Gasteiger partial charge is 0.254 e. The molecule has 0 aromatic heterocycles. The lowest BCUT2D eigenvalue weighted by atomic mass is 10.1. The molecule has 0 aliphatic carbocycles. The van der Waals surface area contributed by atoms with E-state index in [2.05, 4.69) is 5.32 Å². The fourth-order valence-corrected chi connectivity index (χ4v) is 1.76. The number of nitrogens with one attached hydrogen (secondary N) is 1. The molecule has 1 aromatic rings. The van der Waals surface area contributed by atoms with E-state index in [4.69, 9.17) is 0 Å². The van der Waals surface area contributed by atoms with Crippen LogP contribution in [0.25, 0.3) is 0 Å². The Kier molecular flexibility index (Phi) is 5.48. The van der Waals surface area contributed by atoms with E-state index >= 15 is 0 Å². The number of hydrogen-bond donors (Lipinski definition) is 1. The van der Waals surface area contributed by atoms with Crippen LogP contribution in [0.1, 0.15) is 29.8 Å². The normalized spacial score (nSPS) is 10.1. The summed E-state index contributed by atoms with van der Waals surface area (Å²) < 4.78 is 13.7. The molecule has 0 heterocycles. The maximum Gasteiger partial charge on any atom is 0.254 e. The van der Waals surface area contributed by atoms with Crippen molar-refractivity contribution in [3.8, 4) is 0 Å². The van der Waals surface area contributed by atoms with Crippen LogP contribution in [0.15, 0.2) is 18.2 Å². The molecule has 0 fully saturated rings. The van der Waals surface area contributed by atoms with Crippen LogP contribution in [0.2, 0.25) is 0 Å². The van der Waals surface area contributed by atoms with Crippen LogP contribution in [0, 0.1) is 12.7 Å². The minimum absolute atomic E-state index is 0.0349. The van der Waals surface area contributed by atoms with E-state index in [0.29, 0.717) is 18.7 Å². The summed E-state index contributed by atoms with van der Waals surface area (Å²) in [5, 5.41) is 2.45. The SMILES string of the molecule is CCN(CC)C(=O)CNC(=O)c1cccc(C)c1F. The first-order chi connectivity index (χ1) is 9.01. The number of benzene rings is 1. The monoisotopic (exact) mass is 266 g/mol. The van der Waals surface area contributed by atoms with Gasteiger partial charge in [0.25, 0.3) is 5.91 Å². The number of likely N-dealkylation sites (N-methyl/N-ethyl adjacent to an activating group) is 1. The van der Waals surface area contributed by atoms with E-state index < -0.39 is 11.7 Å². The Hall–Kier alpha value is -1.91. The fraction of sp³-hybridized carbons (Fsp3) is 0.429. The van der Waals surface area contributed by atoms with Gasteiger partial charge in [-0.05, 0) is 32.4 Å². The number of hydrogen-bond acceptors (Lipinski definition) is 2. The van der Waals surface area contributed by atoms with Crippen molar-refractivity contribution in [1.29, 1.82) is 0 Å². The highest BCUT2D eigenvalue weighted by Crippen LogP contribution is 2.11. The van der Waals surface area contributed by atoms with E-state index in [0.717, 1.165) is 0 Å². The largest absolute Gasteiger partial charge is 0.343 e. The van der Waals surface area contributed by atoms with Crippen LogP contribution in [-0.4, -0.2) is 36.3 Å². The second-order valence-corrected chi connectivity index (χ2v) is 4.19. The minimum Gasteiger partial charge on any atom is -0.343 e. The molecule has 5 heteroatoms. The van der Waals surface area contributed by atoms with Crippen LogP contribution in [0.3, 0.4) is 0 Å². The molecule has 1 rings (SSSR count). The third kappa shape index (κ3) is 3.77. The van der Waals surface area contributed by atoms with Crippen molar-refractivity contribution in [2.24, 2.45) is 0 Å². The average molecular weight is 266 g/mol. The van der Waals surface area contributed by atoms with Gasteiger partial charge in [-0.3, -0.25) is 9.59 Å². The second kappa shape index (κ2) is 6.87. The number of aryl methyl sites for hydroxylation is 1. The first kappa shape index (κ1) is 15.1. The van der Waals surface area contributed by atoms with Gasteiger partial charge in [0, 0.05) is 13.1 Å². The molecule has 2 amide bonds. The van der Waals surface area contributed by atoms with Crippen molar-refractivity contribution in [3.63, 3.8) is 0 Å². The molecule has 0 aliphatic heterocycles. The third-order valence-corrected chi connectivity index (χ3v) is 2.95. The molecule has 0 atom stereocenters. The van der Waals surface area contributed by atoms with E-state index in [1.165, 1.54) is 6.07 Å². The van der Waals surface area contributed by atoms with Crippen LogP contribution < -0.4 is 5.32 Å². The quantitative estimate of drug-likeness (QED) is 0.882. The van der Waals surface area contributed by atoms with Crippen LogP contribution in [0.4, 0.5) is 4.39 Å². The van der Waals surface area contributed by atoms with Crippen molar-refractivity contribution in [1.82, 2.24) is 10.2 Å².